The van der Waals surface area contributed by atoms with Gasteiger partial charge in [0.1, 0.15) is 16.7 Å². The van der Waals surface area contributed by atoms with Crippen molar-refractivity contribution < 1.29 is 19.0 Å². The van der Waals surface area contributed by atoms with Crippen LogP contribution in [-0.4, -0.2) is 10.2 Å². The predicted octanol–water partition coefficient (Wildman–Crippen LogP) is 3.82. The second-order valence-corrected chi connectivity index (χ2v) is 6.55. The van der Waals surface area contributed by atoms with Crippen LogP contribution < -0.4 is 11.1 Å². The Morgan fingerprint density at radius 1 is 0.840 bits per heavy atom. The van der Waals surface area contributed by atoms with E-state index in [1.54, 1.807) is 12.1 Å². The molecule has 0 spiro atoms. The maximum atomic E-state index is 12.5. The molecule has 0 aliphatic rings. The maximum absolute atomic E-state index is 12.5. The van der Waals surface area contributed by atoms with Crippen LogP contribution >= 0.6 is 15.9 Å². The van der Waals surface area contributed by atoms with Crippen LogP contribution in [0.5, 0.6) is 11.7 Å². The molecule has 25 heavy (non-hydrogen) atoms. The van der Waals surface area contributed by atoms with Crippen LogP contribution in [0.2, 0.25) is 0 Å². The van der Waals surface area contributed by atoms with Gasteiger partial charge in [-0.25, -0.2) is 4.79 Å². The molecule has 0 bridgehead atoms. The molecule has 0 aliphatic heterocycles. The quantitative estimate of drug-likeness (QED) is 0.233. The van der Waals surface area contributed by atoms with Gasteiger partial charge in [0.05, 0.1) is 10.8 Å². The van der Waals surface area contributed by atoms with Gasteiger partial charge in [0, 0.05) is 20.6 Å². The molecule has 2 N–H and O–H groups in total. The number of aromatic hydroxyl groups is 2. The number of phenols is 1. The van der Waals surface area contributed by atoms with E-state index in [0.29, 0.717) is 15.2 Å². The first kappa shape index (κ1) is 14.3. The molecule has 7 heteroatoms. The van der Waals surface area contributed by atoms with Gasteiger partial charge in [0.2, 0.25) is 0 Å². The zero-order valence-electron chi connectivity index (χ0n) is 12.3. The van der Waals surface area contributed by atoms with Crippen LogP contribution in [0.15, 0.2) is 53.2 Å². The largest absolute Gasteiger partial charge is 0.506 e. The van der Waals surface area contributed by atoms with Crippen LogP contribution in [0.3, 0.4) is 0 Å². The Morgan fingerprint density at radius 3 is 2.44 bits per heavy atom. The summed E-state index contributed by atoms with van der Waals surface area (Å²) >= 11 is 3.33. The Morgan fingerprint density at radius 2 is 1.64 bits per heavy atom. The standard InChI is InChI=1S/C18H7BrO6/c19-7-4-5-9-12-11(7)17(22)25-16-10-6(2-1-3-8(10)20)15(21)14(13(12)16)18(23)24-9/h1-5,21-22H. The first-order chi connectivity index (χ1) is 12.0. The van der Waals surface area contributed by atoms with Gasteiger partial charge >= 0.3 is 5.63 Å². The molecule has 6 nitrogen and oxygen atoms in total. The lowest BCUT2D eigenvalue weighted by Crippen LogP contribution is -2.05. The minimum Gasteiger partial charge on any atom is -0.506 e. The zero-order valence-corrected chi connectivity index (χ0v) is 13.9. The average Bonchev–Trinajstić information content (AvgIpc) is 2.57. The van der Waals surface area contributed by atoms with Crippen molar-refractivity contribution in [3.8, 4) is 11.7 Å². The van der Waals surface area contributed by atoms with E-state index in [-0.39, 0.29) is 38.5 Å². The molecular weight excluding hydrogens is 392 g/mol. The van der Waals surface area contributed by atoms with Gasteiger partial charge < -0.3 is 19.0 Å². The third kappa shape index (κ3) is 1.63. The fourth-order valence-corrected chi connectivity index (χ4v) is 3.89. The molecule has 0 atom stereocenters. The number of halogens is 1. The number of phenolic OH excluding ortho intramolecular Hbond substituents is 1. The van der Waals surface area contributed by atoms with E-state index in [4.69, 9.17) is 8.83 Å². The summed E-state index contributed by atoms with van der Waals surface area (Å²) in [7, 11) is 0. The van der Waals surface area contributed by atoms with Crippen molar-refractivity contribution in [3.63, 3.8) is 0 Å². The Hall–Kier alpha value is -3.06. The minimum atomic E-state index is -0.752. The van der Waals surface area contributed by atoms with Crippen LogP contribution in [0, 0.1) is 0 Å². The summed E-state index contributed by atoms with van der Waals surface area (Å²) in [4.78, 5) is 24.8. The lowest BCUT2D eigenvalue weighted by atomic mass is 9.97. The summed E-state index contributed by atoms with van der Waals surface area (Å²) in [6.45, 7) is 0. The number of rotatable bonds is 0. The maximum Gasteiger partial charge on any atom is 0.348 e. The van der Waals surface area contributed by atoms with Crippen molar-refractivity contribution in [1.29, 1.82) is 0 Å². The Balaban J connectivity index is 2.35. The Kier molecular flexibility index (Phi) is 2.58. The molecular formula is C18H7BrO6. The van der Waals surface area contributed by atoms with Crippen molar-refractivity contribution >= 4 is 59.4 Å². The van der Waals surface area contributed by atoms with E-state index in [2.05, 4.69) is 15.9 Å². The second-order valence-electron chi connectivity index (χ2n) is 5.70. The molecule has 0 unspecified atom stereocenters. The first-order valence-electron chi connectivity index (χ1n) is 7.27. The molecule has 0 fully saturated rings. The number of hydrogen-bond donors (Lipinski definition) is 2. The van der Waals surface area contributed by atoms with E-state index in [0.717, 1.165) is 0 Å². The van der Waals surface area contributed by atoms with Crippen LogP contribution in [0.1, 0.15) is 0 Å². The molecule has 5 rings (SSSR count). The lowest BCUT2D eigenvalue weighted by molar-refractivity contribution is 0.348. The van der Waals surface area contributed by atoms with E-state index < -0.39 is 17.0 Å². The third-order valence-corrected chi connectivity index (χ3v) is 5.07. The normalized spacial score (nSPS) is 12.0. The second kappa shape index (κ2) is 4.52. The van der Waals surface area contributed by atoms with E-state index in [1.807, 2.05) is 0 Å². The topological polar surface area (TPSA) is 101 Å². The molecule has 0 saturated carbocycles. The highest BCUT2D eigenvalue weighted by atomic mass is 79.9. The molecule has 0 saturated heterocycles. The highest BCUT2D eigenvalue weighted by Crippen LogP contribution is 2.46. The predicted molar refractivity (Wildman–Crippen MR) is 95.8 cm³/mol. The van der Waals surface area contributed by atoms with Gasteiger partial charge in [-0.05, 0) is 34.1 Å². The molecule has 5 aromatic rings. The van der Waals surface area contributed by atoms with Gasteiger partial charge in [-0.15, -0.1) is 0 Å². The Bertz CT molecular complexity index is 1460. The summed E-state index contributed by atoms with van der Waals surface area (Å²) in [5, 5.41) is 22.1. The zero-order chi connectivity index (χ0) is 17.5. The summed E-state index contributed by atoms with van der Waals surface area (Å²) < 4.78 is 11.4. The fraction of sp³-hybridized carbons (Fsp3) is 0. The summed E-state index contributed by atoms with van der Waals surface area (Å²) in [5.74, 6) is -0.770. The van der Waals surface area contributed by atoms with Crippen molar-refractivity contribution in [2.24, 2.45) is 0 Å². The van der Waals surface area contributed by atoms with Crippen LogP contribution in [0.25, 0.3) is 43.5 Å². The first-order valence-corrected chi connectivity index (χ1v) is 8.06. The van der Waals surface area contributed by atoms with E-state index >= 15 is 0 Å². The summed E-state index contributed by atoms with van der Waals surface area (Å²) in [5.41, 5.74) is -0.890. The molecule has 122 valence electrons. The van der Waals surface area contributed by atoms with Gasteiger partial charge in [0.15, 0.2) is 11.0 Å². The Labute approximate surface area is 146 Å². The van der Waals surface area contributed by atoms with E-state index in [9.17, 15) is 19.8 Å². The summed E-state index contributed by atoms with van der Waals surface area (Å²) in [6.07, 6.45) is 0. The molecule has 2 aromatic heterocycles. The highest BCUT2D eigenvalue weighted by Gasteiger charge is 2.25. The third-order valence-electron chi connectivity index (χ3n) is 4.41. The van der Waals surface area contributed by atoms with Gasteiger partial charge in [0.25, 0.3) is 5.95 Å². The number of hydrogen-bond acceptors (Lipinski definition) is 6. The number of fused-ring (bicyclic) bond motifs is 2. The minimum absolute atomic E-state index is 0.0365. The molecule has 0 radical (unpaired) electrons. The van der Waals surface area contributed by atoms with Crippen LogP contribution in [0.4, 0.5) is 0 Å². The summed E-state index contributed by atoms with van der Waals surface area (Å²) in [6, 6.07) is 7.47. The SMILES string of the molecule is O=c1oc2ccc(Br)c3c(O)oc4c5c(=O)cccc5c(O)c1c4c23. The molecule has 2 heterocycles. The van der Waals surface area contributed by atoms with Crippen molar-refractivity contribution in [2.45, 2.75) is 0 Å². The number of benzene rings is 3. The van der Waals surface area contributed by atoms with Gasteiger partial charge in [-0.1, -0.05) is 12.1 Å². The lowest BCUT2D eigenvalue weighted by Gasteiger charge is -2.13. The fourth-order valence-electron chi connectivity index (χ4n) is 3.39. The molecule has 0 aliphatic carbocycles. The van der Waals surface area contributed by atoms with Crippen molar-refractivity contribution in [1.82, 2.24) is 0 Å². The van der Waals surface area contributed by atoms with Crippen LogP contribution in [-0.2, 0) is 0 Å². The monoisotopic (exact) mass is 398 g/mol. The van der Waals surface area contributed by atoms with Gasteiger partial charge in [-0.3, -0.25) is 4.79 Å². The van der Waals surface area contributed by atoms with Gasteiger partial charge in [-0.2, -0.15) is 0 Å². The average molecular weight is 399 g/mol. The van der Waals surface area contributed by atoms with Crippen molar-refractivity contribution in [3.05, 3.63) is 55.4 Å². The van der Waals surface area contributed by atoms with E-state index in [1.165, 1.54) is 18.2 Å². The van der Waals surface area contributed by atoms with Crippen molar-refractivity contribution in [2.75, 3.05) is 0 Å². The highest BCUT2D eigenvalue weighted by molar-refractivity contribution is 9.10. The molecule has 0 amide bonds. The smallest absolute Gasteiger partial charge is 0.348 e. The molecule has 3 aromatic carbocycles.